The minimum absolute atomic E-state index is 0.529. The third-order valence-corrected chi connectivity index (χ3v) is 3.21. The van der Waals surface area contributed by atoms with Crippen LogP contribution >= 0.6 is 0 Å². The summed E-state index contributed by atoms with van der Waals surface area (Å²) in [5.74, 6) is 1.20. The van der Waals surface area contributed by atoms with Crippen molar-refractivity contribution in [1.82, 2.24) is 0 Å². The summed E-state index contributed by atoms with van der Waals surface area (Å²) >= 11 is 0. The fourth-order valence-electron chi connectivity index (χ4n) is 1.91. The Hall–Kier alpha value is -0.0800. The maximum atomic E-state index is 9.69. The summed E-state index contributed by atoms with van der Waals surface area (Å²) in [6.45, 7) is 6.09. The first kappa shape index (κ1) is 10.0. The molecule has 1 rings (SSSR count). The molecule has 0 aliphatic heterocycles. The summed E-state index contributed by atoms with van der Waals surface area (Å²) in [5, 5.41) is 19.3. The summed E-state index contributed by atoms with van der Waals surface area (Å²) in [7, 11) is 0. The van der Waals surface area contributed by atoms with Gasteiger partial charge in [-0.05, 0) is 38.0 Å². The van der Waals surface area contributed by atoms with Gasteiger partial charge in [0, 0.05) is 0 Å². The molecule has 0 saturated heterocycles. The molecule has 3 atom stereocenters. The van der Waals surface area contributed by atoms with Crippen molar-refractivity contribution in [2.75, 3.05) is 0 Å². The Kier molecular flexibility index (Phi) is 2.79. The van der Waals surface area contributed by atoms with E-state index in [9.17, 15) is 10.2 Å². The van der Waals surface area contributed by atoms with Crippen LogP contribution in [0.2, 0.25) is 0 Å². The lowest BCUT2D eigenvalue weighted by molar-refractivity contribution is -0.103. The number of hydrogen-bond acceptors (Lipinski definition) is 2. The second-order valence-electron chi connectivity index (χ2n) is 4.65. The van der Waals surface area contributed by atoms with E-state index in [0.29, 0.717) is 11.8 Å². The van der Waals surface area contributed by atoms with Gasteiger partial charge in [0.25, 0.3) is 0 Å². The van der Waals surface area contributed by atoms with Gasteiger partial charge in [-0.3, -0.25) is 0 Å². The fraction of sp³-hybridized carbons (Fsp3) is 1.00. The summed E-state index contributed by atoms with van der Waals surface area (Å²) in [6.07, 6.45) is 2.00. The topological polar surface area (TPSA) is 40.5 Å². The summed E-state index contributed by atoms with van der Waals surface area (Å²) in [5.41, 5.74) is -0.842. The van der Waals surface area contributed by atoms with Crippen LogP contribution in [0.1, 0.15) is 40.0 Å². The molecule has 1 aliphatic rings. The second-order valence-corrected chi connectivity index (χ2v) is 4.65. The molecule has 2 nitrogen and oxygen atoms in total. The van der Waals surface area contributed by atoms with E-state index >= 15 is 0 Å². The van der Waals surface area contributed by atoms with Crippen molar-refractivity contribution < 1.29 is 10.2 Å². The van der Waals surface area contributed by atoms with Gasteiger partial charge in [0.2, 0.25) is 0 Å². The van der Waals surface area contributed by atoms with Crippen LogP contribution in [0.15, 0.2) is 0 Å². The van der Waals surface area contributed by atoms with Crippen LogP contribution < -0.4 is 0 Å². The average Bonchev–Trinajstić information content (AvgIpc) is 1.94. The molecule has 72 valence electrons. The Labute approximate surface area is 74.6 Å². The third kappa shape index (κ3) is 1.99. The lowest BCUT2D eigenvalue weighted by Gasteiger charge is -2.39. The van der Waals surface area contributed by atoms with Crippen molar-refractivity contribution in [1.29, 1.82) is 0 Å². The molecule has 0 bridgehead atoms. The Morgan fingerprint density at radius 3 is 2.42 bits per heavy atom. The van der Waals surface area contributed by atoms with Crippen molar-refractivity contribution in [3.63, 3.8) is 0 Å². The number of hydrogen-bond donors (Lipinski definition) is 2. The second kappa shape index (κ2) is 3.35. The van der Waals surface area contributed by atoms with Crippen LogP contribution in [-0.4, -0.2) is 21.9 Å². The molecule has 0 aromatic carbocycles. The Morgan fingerprint density at radius 1 is 1.42 bits per heavy atom. The molecule has 1 fully saturated rings. The van der Waals surface area contributed by atoms with Crippen LogP contribution in [0.3, 0.4) is 0 Å². The van der Waals surface area contributed by atoms with Crippen molar-refractivity contribution in [3.8, 4) is 0 Å². The minimum Gasteiger partial charge on any atom is -0.390 e. The lowest BCUT2D eigenvalue weighted by Crippen LogP contribution is -2.45. The molecule has 2 heteroatoms. The van der Waals surface area contributed by atoms with E-state index < -0.39 is 11.7 Å². The third-order valence-electron chi connectivity index (χ3n) is 3.21. The molecule has 0 aromatic rings. The van der Waals surface area contributed by atoms with Crippen LogP contribution in [0.5, 0.6) is 0 Å². The number of rotatable bonds is 1. The van der Waals surface area contributed by atoms with Gasteiger partial charge in [-0.1, -0.05) is 13.8 Å². The molecule has 2 N–H and O–H groups in total. The SMILES string of the molecule is CC(C)[C@H]1CC[C@@](C)(O)[C@@H](O)C1. The van der Waals surface area contributed by atoms with Crippen LogP contribution in [-0.2, 0) is 0 Å². The zero-order valence-electron chi connectivity index (χ0n) is 8.25. The molecule has 0 unspecified atom stereocenters. The maximum absolute atomic E-state index is 9.69. The highest BCUT2D eigenvalue weighted by Gasteiger charge is 2.37. The van der Waals surface area contributed by atoms with E-state index in [1.807, 2.05) is 0 Å². The normalized spacial score (nSPS) is 43.5. The van der Waals surface area contributed by atoms with E-state index in [2.05, 4.69) is 13.8 Å². The zero-order chi connectivity index (χ0) is 9.35. The Bertz CT molecular complexity index is 152. The van der Waals surface area contributed by atoms with Gasteiger partial charge in [-0.25, -0.2) is 0 Å². The standard InChI is InChI=1S/C10H20O2/c1-7(2)8-4-5-10(3,12)9(11)6-8/h7-9,11-12H,4-6H2,1-3H3/t8-,9-,10+/m0/s1. The zero-order valence-corrected chi connectivity index (χ0v) is 8.25. The molecule has 0 heterocycles. The molecule has 12 heavy (non-hydrogen) atoms. The maximum Gasteiger partial charge on any atom is 0.0877 e. The summed E-state index contributed by atoms with van der Waals surface area (Å²) in [6, 6.07) is 0. The van der Waals surface area contributed by atoms with E-state index in [1.165, 1.54) is 0 Å². The van der Waals surface area contributed by atoms with Gasteiger partial charge in [-0.2, -0.15) is 0 Å². The fourth-order valence-corrected chi connectivity index (χ4v) is 1.91. The predicted molar refractivity (Wildman–Crippen MR) is 48.8 cm³/mol. The molecule has 0 radical (unpaired) electrons. The largest absolute Gasteiger partial charge is 0.390 e. The van der Waals surface area contributed by atoms with E-state index in [0.717, 1.165) is 19.3 Å². The molecular weight excluding hydrogens is 152 g/mol. The highest BCUT2D eigenvalue weighted by atomic mass is 16.3. The summed E-state index contributed by atoms with van der Waals surface area (Å²) < 4.78 is 0. The van der Waals surface area contributed by atoms with Crippen molar-refractivity contribution >= 4 is 0 Å². The lowest BCUT2D eigenvalue weighted by atomic mass is 9.73. The highest BCUT2D eigenvalue weighted by Crippen LogP contribution is 2.35. The first-order valence-electron chi connectivity index (χ1n) is 4.84. The van der Waals surface area contributed by atoms with Crippen LogP contribution in [0.4, 0.5) is 0 Å². The van der Waals surface area contributed by atoms with Crippen molar-refractivity contribution in [3.05, 3.63) is 0 Å². The number of aliphatic hydroxyl groups is 2. The van der Waals surface area contributed by atoms with E-state index in [1.54, 1.807) is 6.92 Å². The smallest absolute Gasteiger partial charge is 0.0877 e. The van der Waals surface area contributed by atoms with Crippen molar-refractivity contribution in [2.24, 2.45) is 11.8 Å². The first-order valence-corrected chi connectivity index (χ1v) is 4.84. The van der Waals surface area contributed by atoms with Crippen molar-refractivity contribution in [2.45, 2.75) is 51.7 Å². The summed E-state index contributed by atoms with van der Waals surface area (Å²) in [4.78, 5) is 0. The van der Waals surface area contributed by atoms with Gasteiger partial charge in [0.05, 0.1) is 11.7 Å². The number of aliphatic hydroxyl groups excluding tert-OH is 1. The Morgan fingerprint density at radius 2 is 2.00 bits per heavy atom. The quantitative estimate of drug-likeness (QED) is 0.630. The molecule has 0 amide bonds. The molecular formula is C10H20O2. The monoisotopic (exact) mass is 172 g/mol. The molecule has 0 spiro atoms. The minimum atomic E-state index is -0.842. The van der Waals surface area contributed by atoms with E-state index in [-0.39, 0.29) is 0 Å². The first-order chi connectivity index (χ1) is 5.43. The highest BCUT2D eigenvalue weighted by molar-refractivity contribution is 4.89. The average molecular weight is 172 g/mol. The van der Waals surface area contributed by atoms with Gasteiger partial charge >= 0.3 is 0 Å². The molecule has 0 aromatic heterocycles. The van der Waals surface area contributed by atoms with Crippen LogP contribution in [0, 0.1) is 11.8 Å². The Balaban J connectivity index is 2.52. The molecule has 1 saturated carbocycles. The van der Waals surface area contributed by atoms with Gasteiger partial charge in [-0.15, -0.1) is 0 Å². The van der Waals surface area contributed by atoms with E-state index in [4.69, 9.17) is 0 Å². The van der Waals surface area contributed by atoms with Crippen LogP contribution in [0.25, 0.3) is 0 Å². The van der Waals surface area contributed by atoms with Gasteiger partial charge in [0.15, 0.2) is 0 Å². The van der Waals surface area contributed by atoms with Gasteiger partial charge in [0.1, 0.15) is 0 Å². The predicted octanol–water partition coefficient (Wildman–Crippen LogP) is 1.55. The van der Waals surface area contributed by atoms with Gasteiger partial charge < -0.3 is 10.2 Å². The molecule has 1 aliphatic carbocycles.